The lowest BCUT2D eigenvalue weighted by molar-refractivity contribution is -0.121. The smallest absolute Gasteiger partial charge is 0.234 e. The van der Waals surface area contributed by atoms with Crippen molar-refractivity contribution >= 4 is 5.91 Å². The molecule has 1 aliphatic heterocycles. The molecule has 0 bridgehead atoms. The van der Waals surface area contributed by atoms with Crippen LogP contribution in [0.3, 0.4) is 0 Å². The molecule has 0 saturated carbocycles. The number of nitrogens with one attached hydrogen (secondary N) is 2. The Morgan fingerprint density at radius 3 is 2.72 bits per heavy atom. The van der Waals surface area contributed by atoms with Gasteiger partial charge in [-0.05, 0) is 38.8 Å². The molecule has 2 unspecified atom stereocenters. The summed E-state index contributed by atoms with van der Waals surface area (Å²) in [6.45, 7) is 12.2. The molecule has 2 N–H and O–H groups in total. The van der Waals surface area contributed by atoms with Gasteiger partial charge in [-0.3, -0.25) is 9.69 Å². The van der Waals surface area contributed by atoms with Crippen LogP contribution in [0.25, 0.3) is 0 Å². The first-order chi connectivity index (χ1) is 8.54. The van der Waals surface area contributed by atoms with Gasteiger partial charge in [-0.25, -0.2) is 0 Å². The van der Waals surface area contributed by atoms with Crippen molar-refractivity contribution in [2.75, 3.05) is 26.2 Å². The van der Waals surface area contributed by atoms with Gasteiger partial charge in [-0.1, -0.05) is 20.8 Å². The van der Waals surface area contributed by atoms with E-state index in [2.05, 4.69) is 43.2 Å². The van der Waals surface area contributed by atoms with Crippen molar-refractivity contribution in [1.29, 1.82) is 0 Å². The lowest BCUT2D eigenvalue weighted by Gasteiger charge is -2.23. The number of rotatable bonds is 7. The first-order valence-corrected chi connectivity index (χ1v) is 7.28. The molecule has 1 heterocycles. The average Bonchev–Trinajstić information content (AvgIpc) is 2.76. The zero-order valence-electron chi connectivity index (χ0n) is 12.3. The molecule has 106 valence electrons. The molecule has 0 aromatic heterocycles. The van der Waals surface area contributed by atoms with Gasteiger partial charge in [-0.15, -0.1) is 0 Å². The fraction of sp³-hybridized carbons (Fsp3) is 0.929. The number of carbonyl (C=O) groups excluding carboxylic acids is 1. The Hall–Kier alpha value is -0.610. The van der Waals surface area contributed by atoms with Crippen LogP contribution in [0.1, 0.15) is 40.5 Å². The molecule has 1 rings (SSSR count). The summed E-state index contributed by atoms with van der Waals surface area (Å²) in [6.07, 6.45) is 2.54. The van der Waals surface area contributed by atoms with Gasteiger partial charge in [0, 0.05) is 18.6 Å². The van der Waals surface area contributed by atoms with Crippen LogP contribution in [0, 0.1) is 5.92 Å². The molecule has 1 aliphatic rings. The van der Waals surface area contributed by atoms with Crippen LogP contribution in [0.4, 0.5) is 0 Å². The molecule has 0 aromatic carbocycles. The van der Waals surface area contributed by atoms with Crippen molar-refractivity contribution in [1.82, 2.24) is 15.5 Å². The summed E-state index contributed by atoms with van der Waals surface area (Å²) in [4.78, 5) is 14.2. The minimum absolute atomic E-state index is 0.109. The van der Waals surface area contributed by atoms with Crippen LogP contribution < -0.4 is 10.6 Å². The minimum atomic E-state index is 0.109. The molecule has 0 spiro atoms. The van der Waals surface area contributed by atoms with Gasteiger partial charge < -0.3 is 10.6 Å². The first-order valence-electron chi connectivity index (χ1n) is 7.28. The fourth-order valence-corrected chi connectivity index (χ4v) is 2.37. The van der Waals surface area contributed by atoms with Crippen molar-refractivity contribution in [3.05, 3.63) is 0 Å². The maximum atomic E-state index is 11.7. The van der Waals surface area contributed by atoms with E-state index in [1.54, 1.807) is 0 Å². The SMILES string of the molecule is CCN1CCCC1CNCC(=O)NC(C)C(C)C. The second kappa shape index (κ2) is 7.74. The maximum Gasteiger partial charge on any atom is 0.234 e. The summed E-state index contributed by atoms with van der Waals surface area (Å²) < 4.78 is 0. The van der Waals surface area contributed by atoms with E-state index in [1.165, 1.54) is 19.4 Å². The molecular formula is C14H29N3O. The molecule has 1 amide bonds. The molecule has 4 heteroatoms. The minimum Gasteiger partial charge on any atom is -0.352 e. The van der Waals surface area contributed by atoms with E-state index < -0.39 is 0 Å². The summed E-state index contributed by atoms with van der Waals surface area (Å²) >= 11 is 0. The number of hydrogen-bond donors (Lipinski definition) is 2. The highest BCUT2D eigenvalue weighted by Crippen LogP contribution is 2.15. The maximum absolute atomic E-state index is 11.7. The molecule has 18 heavy (non-hydrogen) atoms. The topological polar surface area (TPSA) is 44.4 Å². The average molecular weight is 255 g/mol. The molecule has 0 aromatic rings. The third-order valence-electron chi connectivity index (χ3n) is 3.96. The fourth-order valence-electron chi connectivity index (χ4n) is 2.37. The number of hydrogen-bond acceptors (Lipinski definition) is 3. The lowest BCUT2D eigenvalue weighted by atomic mass is 10.1. The van der Waals surface area contributed by atoms with Crippen molar-refractivity contribution in [2.24, 2.45) is 5.92 Å². The summed E-state index contributed by atoms with van der Waals surface area (Å²) in [7, 11) is 0. The predicted octanol–water partition coefficient (Wildman–Crippen LogP) is 1.22. The number of amides is 1. The van der Waals surface area contributed by atoms with Crippen molar-refractivity contribution < 1.29 is 4.79 Å². The van der Waals surface area contributed by atoms with E-state index in [9.17, 15) is 4.79 Å². The summed E-state index contributed by atoms with van der Waals surface area (Å²) in [5, 5.41) is 6.30. The van der Waals surface area contributed by atoms with Gasteiger partial charge in [-0.2, -0.15) is 0 Å². The molecule has 0 radical (unpaired) electrons. The number of nitrogens with zero attached hydrogens (tertiary/aromatic N) is 1. The van der Waals surface area contributed by atoms with Crippen LogP contribution in [-0.4, -0.2) is 49.1 Å². The van der Waals surface area contributed by atoms with Gasteiger partial charge in [0.1, 0.15) is 0 Å². The number of likely N-dealkylation sites (N-methyl/N-ethyl adjacent to an activating group) is 1. The van der Waals surface area contributed by atoms with E-state index in [0.717, 1.165) is 13.1 Å². The highest BCUT2D eigenvalue weighted by atomic mass is 16.1. The van der Waals surface area contributed by atoms with Gasteiger partial charge in [0.25, 0.3) is 0 Å². The Kier molecular flexibility index (Phi) is 6.65. The van der Waals surface area contributed by atoms with Gasteiger partial charge in [0.15, 0.2) is 0 Å². The lowest BCUT2D eigenvalue weighted by Crippen LogP contribution is -2.44. The highest BCUT2D eigenvalue weighted by molar-refractivity contribution is 5.78. The standard InChI is InChI=1S/C14H29N3O/c1-5-17-8-6-7-13(17)9-15-10-14(18)16-12(4)11(2)3/h11-13,15H,5-10H2,1-4H3,(H,16,18). The van der Waals surface area contributed by atoms with Crippen LogP contribution in [0.5, 0.6) is 0 Å². The second-order valence-corrected chi connectivity index (χ2v) is 5.66. The van der Waals surface area contributed by atoms with Gasteiger partial charge in [0.2, 0.25) is 5.91 Å². The van der Waals surface area contributed by atoms with Gasteiger partial charge in [0.05, 0.1) is 6.54 Å². The predicted molar refractivity (Wildman–Crippen MR) is 75.6 cm³/mol. The Morgan fingerprint density at radius 1 is 1.39 bits per heavy atom. The first kappa shape index (κ1) is 15.4. The highest BCUT2D eigenvalue weighted by Gasteiger charge is 2.22. The van der Waals surface area contributed by atoms with Gasteiger partial charge >= 0.3 is 0 Å². The zero-order chi connectivity index (χ0) is 13.5. The van der Waals surface area contributed by atoms with Crippen LogP contribution in [0.2, 0.25) is 0 Å². The molecule has 4 nitrogen and oxygen atoms in total. The Bertz CT molecular complexity index is 255. The largest absolute Gasteiger partial charge is 0.352 e. The molecule has 2 atom stereocenters. The summed E-state index contributed by atoms with van der Waals surface area (Å²) in [6, 6.07) is 0.864. The molecular weight excluding hydrogens is 226 g/mol. The van der Waals surface area contributed by atoms with E-state index in [0.29, 0.717) is 18.5 Å². The van der Waals surface area contributed by atoms with Crippen molar-refractivity contribution in [3.8, 4) is 0 Å². The summed E-state index contributed by atoms with van der Waals surface area (Å²) in [5.41, 5.74) is 0. The van der Waals surface area contributed by atoms with E-state index in [1.807, 2.05) is 0 Å². The molecule has 1 fully saturated rings. The number of likely N-dealkylation sites (tertiary alicyclic amines) is 1. The van der Waals surface area contributed by atoms with E-state index in [4.69, 9.17) is 0 Å². The molecule has 0 aliphatic carbocycles. The van der Waals surface area contributed by atoms with Crippen LogP contribution >= 0.6 is 0 Å². The van der Waals surface area contributed by atoms with Crippen LogP contribution in [0.15, 0.2) is 0 Å². The monoisotopic (exact) mass is 255 g/mol. The van der Waals surface area contributed by atoms with Crippen molar-refractivity contribution in [3.63, 3.8) is 0 Å². The third-order valence-corrected chi connectivity index (χ3v) is 3.96. The second-order valence-electron chi connectivity index (χ2n) is 5.66. The summed E-state index contributed by atoms with van der Waals surface area (Å²) in [5.74, 6) is 0.594. The zero-order valence-corrected chi connectivity index (χ0v) is 12.3. The molecule has 1 saturated heterocycles. The quantitative estimate of drug-likeness (QED) is 0.719. The van der Waals surface area contributed by atoms with E-state index >= 15 is 0 Å². The third kappa shape index (κ3) is 4.94. The van der Waals surface area contributed by atoms with Crippen molar-refractivity contribution in [2.45, 2.75) is 52.6 Å². The Balaban J connectivity index is 2.15. The van der Waals surface area contributed by atoms with Crippen LogP contribution in [-0.2, 0) is 4.79 Å². The normalized spacial score (nSPS) is 22.4. The number of carbonyl (C=O) groups is 1. The Labute approximate surface area is 111 Å². The Morgan fingerprint density at radius 2 is 2.11 bits per heavy atom. The van der Waals surface area contributed by atoms with E-state index in [-0.39, 0.29) is 11.9 Å².